The quantitative estimate of drug-likeness (QED) is 0.283. The number of aromatic nitrogens is 3. The van der Waals surface area contributed by atoms with Gasteiger partial charge in [-0.2, -0.15) is 5.10 Å². The lowest BCUT2D eigenvalue weighted by atomic mass is 9.96. The van der Waals surface area contributed by atoms with E-state index in [0.717, 1.165) is 22.4 Å². The van der Waals surface area contributed by atoms with Crippen molar-refractivity contribution in [2.75, 3.05) is 7.11 Å². The SMILES string of the molecule is COC(=O)C1=C(C)N=c2sc(=Cc3cn(-c4ccccc4)nc3-c3ccc(Cl)cc3)c(=O)n2C1c1ccccc1. The maximum absolute atomic E-state index is 14.0. The fourth-order valence-corrected chi connectivity index (χ4v) is 5.99. The Morgan fingerprint density at radius 1 is 1.00 bits per heavy atom. The van der Waals surface area contributed by atoms with Crippen LogP contribution in [0.25, 0.3) is 23.0 Å². The van der Waals surface area contributed by atoms with Crippen molar-refractivity contribution in [3.63, 3.8) is 0 Å². The Balaban J connectivity index is 1.57. The summed E-state index contributed by atoms with van der Waals surface area (Å²) in [4.78, 5) is 32.0. The highest BCUT2D eigenvalue weighted by Gasteiger charge is 2.33. The molecule has 9 heteroatoms. The minimum atomic E-state index is -0.658. The van der Waals surface area contributed by atoms with E-state index in [0.29, 0.717) is 31.3 Å². The number of para-hydroxylation sites is 1. The molecule has 1 unspecified atom stereocenters. The molecule has 40 heavy (non-hydrogen) atoms. The zero-order valence-corrected chi connectivity index (χ0v) is 23.2. The van der Waals surface area contributed by atoms with Gasteiger partial charge in [0, 0.05) is 22.3 Å². The summed E-state index contributed by atoms with van der Waals surface area (Å²) >= 11 is 7.42. The molecule has 0 saturated heterocycles. The Morgan fingerprint density at radius 3 is 2.35 bits per heavy atom. The zero-order chi connectivity index (χ0) is 27.8. The number of nitrogens with zero attached hydrogens (tertiary/aromatic N) is 4. The summed E-state index contributed by atoms with van der Waals surface area (Å²) in [5.74, 6) is -0.515. The van der Waals surface area contributed by atoms with Crippen LogP contribution in [0.5, 0.6) is 0 Å². The number of hydrogen-bond donors (Lipinski definition) is 0. The van der Waals surface area contributed by atoms with Crippen LogP contribution in [0.2, 0.25) is 5.02 Å². The highest BCUT2D eigenvalue weighted by atomic mass is 35.5. The van der Waals surface area contributed by atoms with Crippen molar-refractivity contribution in [3.8, 4) is 16.9 Å². The fraction of sp³-hybridized carbons (Fsp3) is 0.0968. The first-order valence-electron chi connectivity index (χ1n) is 12.5. The lowest BCUT2D eigenvalue weighted by Crippen LogP contribution is -2.39. The van der Waals surface area contributed by atoms with Gasteiger partial charge in [0.1, 0.15) is 5.69 Å². The van der Waals surface area contributed by atoms with Crippen LogP contribution >= 0.6 is 22.9 Å². The van der Waals surface area contributed by atoms with Gasteiger partial charge in [0.05, 0.1) is 34.6 Å². The molecule has 1 aliphatic heterocycles. The fourth-order valence-electron chi connectivity index (χ4n) is 4.82. The molecule has 5 aromatic rings. The second-order valence-corrected chi connectivity index (χ2v) is 10.6. The second-order valence-electron chi connectivity index (χ2n) is 9.20. The molecule has 0 N–H and O–H groups in total. The summed E-state index contributed by atoms with van der Waals surface area (Å²) < 4.78 is 8.93. The smallest absolute Gasteiger partial charge is 0.338 e. The molecule has 0 radical (unpaired) electrons. The van der Waals surface area contributed by atoms with Gasteiger partial charge in [0.2, 0.25) is 0 Å². The first-order chi connectivity index (χ1) is 19.4. The van der Waals surface area contributed by atoms with E-state index in [1.807, 2.05) is 97.2 Å². The van der Waals surface area contributed by atoms with Crippen LogP contribution in [-0.2, 0) is 9.53 Å². The molecule has 3 aromatic carbocycles. The molecule has 0 aliphatic carbocycles. The van der Waals surface area contributed by atoms with Crippen LogP contribution < -0.4 is 14.9 Å². The van der Waals surface area contributed by atoms with E-state index < -0.39 is 12.0 Å². The number of rotatable bonds is 5. The maximum Gasteiger partial charge on any atom is 0.338 e. The Morgan fingerprint density at radius 2 is 1.68 bits per heavy atom. The van der Waals surface area contributed by atoms with Crippen LogP contribution in [0, 0.1) is 0 Å². The van der Waals surface area contributed by atoms with Gasteiger partial charge in [-0.15, -0.1) is 0 Å². The van der Waals surface area contributed by atoms with Crippen LogP contribution in [0.1, 0.15) is 24.1 Å². The van der Waals surface area contributed by atoms with E-state index in [4.69, 9.17) is 21.4 Å². The highest BCUT2D eigenvalue weighted by molar-refractivity contribution is 7.07. The Kier molecular flexibility index (Phi) is 6.79. The van der Waals surface area contributed by atoms with Gasteiger partial charge in [0.15, 0.2) is 4.80 Å². The van der Waals surface area contributed by atoms with E-state index in [2.05, 4.69) is 4.99 Å². The molecule has 2 aromatic heterocycles. The maximum atomic E-state index is 14.0. The van der Waals surface area contributed by atoms with E-state index >= 15 is 0 Å². The number of carbonyl (C=O) groups is 1. The first kappa shape index (κ1) is 25.7. The normalized spacial score (nSPS) is 15.1. The summed E-state index contributed by atoms with van der Waals surface area (Å²) in [5, 5.41) is 5.48. The minimum absolute atomic E-state index is 0.249. The predicted molar refractivity (Wildman–Crippen MR) is 156 cm³/mol. The van der Waals surface area contributed by atoms with Crippen LogP contribution in [0.15, 0.2) is 112 Å². The number of allylic oxidation sites excluding steroid dienone is 1. The third-order valence-corrected chi connectivity index (χ3v) is 7.94. The molecule has 3 heterocycles. The van der Waals surface area contributed by atoms with Crippen molar-refractivity contribution in [1.29, 1.82) is 0 Å². The van der Waals surface area contributed by atoms with Gasteiger partial charge >= 0.3 is 5.97 Å². The number of esters is 1. The standard InChI is InChI=1S/C31H23ClN4O3S/c1-19-26(30(38)39-2)28(21-9-5-3-6-10-21)36-29(37)25(40-31(36)33-19)17-22-18-35(24-11-7-4-8-12-24)34-27(22)20-13-15-23(32)16-14-20/h3-18,28H,1-2H3. The second kappa shape index (κ2) is 10.6. The Bertz CT molecular complexity index is 1940. The average Bonchev–Trinajstić information content (AvgIpc) is 3.54. The zero-order valence-electron chi connectivity index (χ0n) is 21.6. The van der Waals surface area contributed by atoms with Gasteiger partial charge in [0.25, 0.3) is 5.56 Å². The van der Waals surface area contributed by atoms with Crippen molar-refractivity contribution < 1.29 is 9.53 Å². The molecule has 0 fully saturated rings. The largest absolute Gasteiger partial charge is 0.466 e. The van der Waals surface area contributed by atoms with Crippen molar-refractivity contribution in [3.05, 3.63) is 138 Å². The number of carbonyl (C=O) groups excluding carboxylic acids is 1. The topological polar surface area (TPSA) is 78.5 Å². The van der Waals surface area contributed by atoms with Crippen LogP contribution in [0.4, 0.5) is 0 Å². The number of methoxy groups -OCH3 is 1. The molecule has 6 rings (SSSR count). The van der Waals surface area contributed by atoms with E-state index in [1.54, 1.807) is 16.2 Å². The molecule has 0 saturated carbocycles. The van der Waals surface area contributed by atoms with Crippen LogP contribution in [-0.4, -0.2) is 27.4 Å². The minimum Gasteiger partial charge on any atom is -0.466 e. The average molecular weight is 567 g/mol. The molecule has 1 aliphatic rings. The number of fused-ring (bicyclic) bond motifs is 1. The Labute approximate surface area is 238 Å². The molecular formula is C31H23ClN4O3S. The summed E-state index contributed by atoms with van der Waals surface area (Å²) in [6, 6.07) is 26.0. The van der Waals surface area contributed by atoms with Gasteiger partial charge in [-0.25, -0.2) is 14.5 Å². The summed E-state index contributed by atoms with van der Waals surface area (Å²) in [6.07, 6.45) is 3.73. The van der Waals surface area contributed by atoms with Gasteiger partial charge in [-0.3, -0.25) is 9.36 Å². The molecular weight excluding hydrogens is 544 g/mol. The number of hydrogen-bond acceptors (Lipinski definition) is 6. The van der Waals surface area contributed by atoms with Crippen LogP contribution in [0.3, 0.4) is 0 Å². The van der Waals surface area contributed by atoms with Gasteiger partial charge in [-0.1, -0.05) is 83.6 Å². The number of benzene rings is 3. The molecule has 1 atom stereocenters. The number of halogens is 1. The molecule has 0 amide bonds. The van der Waals surface area contributed by atoms with Gasteiger partial charge in [-0.05, 0) is 42.8 Å². The van der Waals surface area contributed by atoms with Crippen molar-refractivity contribution in [1.82, 2.24) is 14.3 Å². The lowest BCUT2D eigenvalue weighted by molar-refractivity contribution is -0.136. The number of thiazole rings is 1. The van der Waals surface area contributed by atoms with E-state index in [9.17, 15) is 9.59 Å². The van der Waals surface area contributed by atoms with Crippen molar-refractivity contribution >= 4 is 35.0 Å². The predicted octanol–water partition coefficient (Wildman–Crippen LogP) is 4.91. The van der Waals surface area contributed by atoms with Crippen molar-refractivity contribution in [2.24, 2.45) is 4.99 Å². The van der Waals surface area contributed by atoms with Gasteiger partial charge < -0.3 is 4.74 Å². The molecule has 198 valence electrons. The lowest BCUT2D eigenvalue weighted by Gasteiger charge is -2.24. The monoisotopic (exact) mass is 566 g/mol. The number of ether oxygens (including phenoxy) is 1. The summed E-state index contributed by atoms with van der Waals surface area (Å²) in [5.41, 5.74) is 4.63. The third-order valence-electron chi connectivity index (χ3n) is 6.71. The van der Waals surface area contributed by atoms with Crippen molar-refractivity contribution in [2.45, 2.75) is 13.0 Å². The molecule has 7 nitrogen and oxygen atoms in total. The molecule has 0 bridgehead atoms. The highest BCUT2D eigenvalue weighted by Crippen LogP contribution is 2.30. The molecule has 0 spiro atoms. The van der Waals surface area contributed by atoms with E-state index in [1.165, 1.54) is 18.4 Å². The summed E-state index contributed by atoms with van der Waals surface area (Å²) in [6.45, 7) is 1.77. The first-order valence-corrected chi connectivity index (χ1v) is 13.7. The summed E-state index contributed by atoms with van der Waals surface area (Å²) in [7, 11) is 1.33. The Hall–Kier alpha value is -4.53. The third kappa shape index (κ3) is 4.61. The van der Waals surface area contributed by atoms with E-state index in [-0.39, 0.29) is 5.56 Å².